The molecular weight excluding hydrogens is 166 g/mol. The van der Waals surface area contributed by atoms with Crippen LogP contribution in [0.5, 0.6) is 0 Å². The number of alkyl carbamates (subject to hydrolysis) is 1. The van der Waals surface area contributed by atoms with Gasteiger partial charge in [0.05, 0.1) is 6.61 Å². The lowest BCUT2D eigenvalue weighted by molar-refractivity contribution is 0.123. The van der Waals surface area contributed by atoms with Crippen LogP contribution in [0.1, 0.15) is 25.7 Å². The van der Waals surface area contributed by atoms with Crippen LogP contribution in [-0.2, 0) is 4.74 Å². The van der Waals surface area contributed by atoms with E-state index in [-0.39, 0.29) is 6.09 Å². The summed E-state index contributed by atoms with van der Waals surface area (Å²) >= 11 is 0. The number of nitrogens with one attached hydrogen (secondary N) is 1. The fraction of sp³-hybridized carbons (Fsp3) is 0.700. The molecule has 0 saturated heterocycles. The first-order valence-corrected chi connectivity index (χ1v) is 4.73. The Bertz CT molecular complexity index is 201. The first kappa shape index (κ1) is 10.1. The molecule has 1 rings (SSSR count). The molecule has 0 aromatic carbocycles. The molecule has 13 heavy (non-hydrogen) atoms. The molecule has 0 radical (unpaired) electrons. The maximum absolute atomic E-state index is 10.8. The number of carbonyl (C=O) groups excluding carboxylic acids is 1. The summed E-state index contributed by atoms with van der Waals surface area (Å²) in [7, 11) is 1.57. The van der Waals surface area contributed by atoms with Gasteiger partial charge in [0.15, 0.2) is 0 Å². The van der Waals surface area contributed by atoms with E-state index in [1.807, 2.05) is 0 Å². The third-order valence-electron chi connectivity index (χ3n) is 2.37. The lowest BCUT2D eigenvalue weighted by Crippen LogP contribution is -2.23. The maximum Gasteiger partial charge on any atom is 0.406 e. The highest BCUT2D eigenvalue weighted by Crippen LogP contribution is 2.27. The Balaban J connectivity index is 2.20. The van der Waals surface area contributed by atoms with Crippen LogP contribution in [0.3, 0.4) is 0 Å². The number of allylic oxidation sites excluding steroid dienone is 1. The van der Waals surface area contributed by atoms with Crippen molar-refractivity contribution in [1.29, 1.82) is 0 Å². The number of hydrogen-bond acceptors (Lipinski definition) is 2. The van der Waals surface area contributed by atoms with E-state index in [0.717, 1.165) is 19.3 Å². The molecule has 0 aliphatic heterocycles. The molecule has 1 saturated carbocycles. The van der Waals surface area contributed by atoms with Crippen molar-refractivity contribution in [3.8, 4) is 0 Å². The molecule has 1 atom stereocenters. The molecule has 1 amide bonds. The van der Waals surface area contributed by atoms with Crippen molar-refractivity contribution in [3.05, 3.63) is 12.2 Å². The van der Waals surface area contributed by atoms with Crippen LogP contribution in [0.15, 0.2) is 12.2 Å². The summed E-state index contributed by atoms with van der Waals surface area (Å²) in [6.07, 6.45) is 4.14. The van der Waals surface area contributed by atoms with E-state index in [1.165, 1.54) is 12.0 Å². The molecular formula is C10H17NO2. The van der Waals surface area contributed by atoms with E-state index >= 15 is 0 Å². The van der Waals surface area contributed by atoms with Gasteiger partial charge in [-0.05, 0) is 31.6 Å². The summed E-state index contributed by atoms with van der Waals surface area (Å²) < 4.78 is 4.99. The first-order chi connectivity index (χ1) is 6.22. The van der Waals surface area contributed by atoms with E-state index in [1.54, 1.807) is 7.05 Å². The van der Waals surface area contributed by atoms with E-state index in [0.29, 0.717) is 12.5 Å². The Morgan fingerprint density at radius 2 is 2.54 bits per heavy atom. The minimum absolute atomic E-state index is 0.337. The molecule has 0 heterocycles. The third kappa shape index (κ3) is 3.49. The average Bonchev–Trinajstić information content (AvgIpc) is 2.14. The number of amides is 1. The second-order valence-corrected chi connectivity index (χ2v) is 3.56. The topological polar surface area (TPSA) is 38.3 Å². The van der Waals surface area contributed by atoms with Crippen LogP contribution in [-0.4, -0.2) is 19.7 Å². The van der Waals surface area contributed by atoms with Gasteiger partial charge in [0, 0.05) is 7.05 Å². The third-order valence-corrected chi connectivity index (χ3v) is 2.37. The summed E-state index contributed by atoms with van der Waals surface area (Å²) in [5.74, 6) is 0.485. The van der Waals surface area contributed by atoms with E-state index in [9.17, 15) is 4.79 Å². The summed E-state index contributed by atoms with van der Waals surface area (Å²) in [4.78, 5) is 10.8. The van der Waals surface area contributed by atoms with Gasteiger partial charge in [0.2, 0.25) is 0 Å². The second-order valence-electron chi connectivity index (χ2n) is 3.56. The van der Waals surface area contributed by atoms with Crippen molar-refractivity contribution in [2.24, 2.45) is 5.92 Å². The molecule has 1 unspecified atom stereocenters. The normalized spacial score (nSPS) is 22.5. The van der Waals surface area contributed by atoms with Crippen molar-refractivity contribution in [2.45, 2.75) is 25.7 Å². The van der Waals surface area contributed by atoms with Crippen LogP contribution in [0.25, 0.3) is 0 Å². The predicted molar refractivity (Wildman–Crippen MR) is 51.5 cm³/mol. The Hall–Kier alpha value is -0.990. The molecule has 0 spiro atoms. The summed E-state index contributed by atoms with van der Waals surface area (Å²) in [6, 6.07) is 0. The molecule has 0 bridgehead atoms. The van der Waals surface area contributed by atoms with Gasteiger partial charge < -0.3 is 10.1 Å². The van der Waals surface area contributed by atoms with Crippen molar-refractivity contribution >= 4 is 6.09 Å². The zero-order chi connectivity index (χ0) is 9.68. The molecule has 0 aromatic heterocycles. The fourth-order valence-corrected chi connectivity index (χ4v) is 1.66. The highest BCUT2D eigenvalue weighted by molar-refractivity contribution is 5.66. The van der Waals surface area contributed by atoms with Crippen LogP contribution >= 0.6 is 0 Å². The molecule has 74 valence electrons. The van der Waals surface area contributed by atoms with E-state index in [4.69, 9.17) is 4.74 Å². The van der Waals surface area contributed by atoms with Crippen LogP contribution in [0, 0.1) is 5.92 Å². The lowest BCUT2D eigenvalue weighted by atomic mass is 9.87. The van der Waals surface area contributed by atoms with Crippen molar-refractivity contribution in [1.82, 2.24) is 5.32 Å². The van der Waals surface area contributed by atoms with Crippen LogP contribution in [0.4, 0.5) is 4.79 Å². The van der Waals surface area contributed by atoms with Gasteiger partial charge >= 0.3 is 6.09 Å². The Kier molecular flexibility index (Phi) is 3.80. The molecule has 1 aliphatic rings. The molecule has 3 heteroatoms. The smallest absolute Gasteiger partial charge is 0.406 e. The number of rotatable bonds is 2. The van der Waals surface area contributed by atoms with Gasteiger partial charge in [-0.2, -0.15) is 0 Å². The molecule has 1 fully saturated rings. The average molecular weight is 183 g/mol. The Morgan fingerprint density at radius 1 is 1.77 bits per heavy atom. The Labute approximate surface area is 79.2 Å². The molecule has 0 aromatic rings. The molecule has 1 N–H and O–H groups in total. The minimum atomic E-state index is -0.337. The predicted octanol–water partition coefficient (Wildman–Crippen LogP) is 2.09. The lowest BCUT2D eigenvalue weighted by Gasteiger charge is -2.22. The summed E-state index contributed by atoms with van der Waals surface area (Å²) in [5.41, 5.74) is 1.29. The van der Waals surface area contributed by atoms with Crippen LogP contribution in [0.2, 0.25) is 0 Å². The van der Waals surface area contributed by atoms with E-state index in [2.05, 4.69) is 11.9 Å². The van der Waals surface area contributed by atoms with Crippen molar-refractivity contribution < 1.29 is 9.53 Å². The fourth-order valence-electron chi connectivity index (χ4n) is 1.66. The van der Waals surface area contributed by atoms with Crippen molar-refractivity contribution in [2.75, 3.05) is 13.7 Å². The zero-order valence-electron chi connectivity index (χ0n) is 8.14. The first-order valence-electron chi connectivity index (χ1n) is 4.73. The van der Waals surface area contributed by atoms with Gasteiger partial charge in [0.25, 0.3) is 0 Å². The van der Waals surface area contributed by atoms with Crippen LogP contribution < -0.4 is 5.32 Å². The van der Waals surface area contributed by atoms with Crippen molar-refractivity contribution in [3.63, 3.8) is 0 Å². The number of hydrogen-bond donors (Lipinski definition) is 1. The van der Waals surface area contributed by atoms with Gasteiger partial charge in [-0.3, -0.25) is 0 Å². The SMILES string of the molecule is C=C1CCCC(COC(=O)NC)C1. The number of ether oxygens (including phenoxy) is 1. The highest BCUT2D eigenvalue weighted by atomic mass is 16.5. The summed E-state index contributed by atoms with van der Waals surface area (Å²) in [5, 5.41) is 2.43. The van der Waals surface area contributed by atoms with E-state index < -0.39 is 0 Å². The quantitative estimate of drug-likeness (QED) is 0.666. The van der Waals surface area contributed by atoms with Gasteiger partial charge in [-0.15, -0.1) is 0 Å². The monoisotopic (exact) mass is 183 g/mol. The zero-order valence-corrected chi connectivity index (χ0v) is 8.14. The minimum Gasteiger partial charge on any atom is -0.449 e. The molecule has 1 aliphatic carbocycles. The van der Waals surface area contributed by atoms with Gasteiger partial charge in [0.1, 0.15) is 0 Å². The van der Waals surface area contributed by atoms with Gasteiger partial charge in [-0.1, -0.05) is 12.2 Å². The Morgan fingerprint density at radius 3 is 3.15 bits per heavy atom. The van der Waals surface area contributed by atoms with Gasteiger partial charge in [-0.25, -0.2) is 4.79 Å². The molecule has 3 nitrogen and oxygen atoms in total. The highest BCUT2D eigenvalue weighted by Gasteiger charge is 2.17. The second kappa shape index (κ2) is 4.90. The maximum atomic E-state index is 10.8. The largest absolute Gasteiger partial charge is 0.449 e. The standard InChI is InChI=1S/C10H17NO2/c1-8-4-3-5-9(6-8)7-13-10(12)11-2/h9H,1,3-7H2,2H3,(H,11,12). The summed E-state index contributed by atoms with van der Waals surface area (Å²) in [6.45, 7) is 4.48. The number of carbonyl (C=O) groups is 1.